The molecular weight excluding hydrogens is 465 g/mol. The van der Waals surface area contributed by atoms with Crippen molar-refractivity contribution in [2.24, 2.45) is 0 Å². The number of sulfonamides is 1. The third-order valence-electron chi connectivity index (χ3n) is 4.22. The molecule has 0 aliphatic carbocycles. The lowest BCUT2D eigenvalue weighted by molar-refractivity contribution is -0.137. The van der Waals surface area contributed by atoms with Crippen molar-refractivity contribution in [2.45, 2.75) is 11.1 Å². The van der Waals surface area contributed by atoms with Gasteiger partial charge in [0.2, 0.25) is 0 Å². The summed E-state index contributed by atoms with van der Waals surface area (Å²) in [5.41, 5.74) is -0.549. The zero-order chi connectivity index (χ0) is 23.5. The number of amides is 1. The second-order valence-electron chi connectivity index (χ2n) is 6.50. The maximum Gasteiger partial charge on any atom is 0.416 e. The van der Waals surface area contributed by atoms with Gasteiger partial charge in [-0.15, -0.1) is 6.42 Å². The van der Waals surface area contributed by atoms with Crippen molar-refractivity contribution < 1.29 is 26.4 Å². The fourth-order valence-corrected chi connectivity index (χ4v) is 3.98. The Kier molecular flexibility index (Phi) is 6.48. The number of terminal acetylenes is 1. The fraction of sp³-hybridized carbons (Fsp3) is 0.0455. The van der Waals surface area contributed by atoms with Crippen LogP contribution in [0.25, 0.3) is 0 Å². The molecule has 0 saturated heterocycles. The Morgan fingerprint density at radius 2 is 1.66 bits per heavy atom. The minimum absolute atomic E-state index is 0.0198. The van der Waals surface area contributed by atoms with Crippen LogP contribution in [0.15, 0.2) is 71.6 Å². The lowest BCUT2D eigenvalue weighted by Crippen LogP contribution is -2.17. The monoisotopic (exact) mass is 478 g/mol. The van der Waals surface area contributed by atoms with E-state index in [-0.39, 0.29) is 21.2 Å². The number of alkyl halides is 3. The molecule has 0 saturated carbocycles. The van der Waals surface area contributed by atoms with Gasteiger partial charge in [0, 0.05) is 16.9 Å². The molecule has 0 aliphatic heterocycles. The molecule has 2 N–H and O–H groups in total. The minimum Gasteiger partial charge on any atom is -0.322 e. The highest BCUT2D eigenvalue weighted by Crippen LogP contribution is 2.31. The first-order valence-electron chi connectivity index (χ1n) is 8.87. The maximum atomic E-state index is 12.9. The summed E-state index contributed by atoms with van der Waals surface area (Å²) in [7, 11) is -4.31. The van der Waals surface area contributed by atoms with Crippen molar-refractivity contribution in [3.8, 4) is 12.3 Å². The highest BCUT2D eigenvalue weighted by Gasteiger charge is 2.31. The Bertz CT molecular complexity index is 1330. The highest BCUT2D eigenvalue weighted by atomic mass is 35.5. The molecule has 5 nitrogen and oxygen atoms in total. The number of carbonyl (C=O) groups excluding carboxylic acids is 1. The third kappa shape index (κ3) is 5.41. The molecule has 3 rings (SSSR count). The van der Waals surface area contributed by atoms with E-state index in [9.17, 15) is 26.4 Å². The predicted octanol–water partition coefficient (Wildman–Crippen LogP) is 5.39. The molecule has 0 unspecified atom stereocenters. The quantitative estimate of drug-likeness (QED) is 0.482. The largest absolute Gasteiger partial charge is 0.416 e. The lowest BCUT2D eigenvalue weighted by atomic mass is 10.2. The molecule has 32 heavy (non-hydrogen) atoms. The van der Waals surface area contributed by atoms with Gasteiger partial charge in [-0.3, -0.25) is 9.52 Å². The van der Waals surface area contributed by atoms with Gasteiger partial charge in [-0.2, -0.15) is 13.2 Å². The van der Waals surface area contributed by atoms with E-state index in [4.69, 9.17) is 18.0 Å². The Balaban J connectivity index is 1.88. The van der Waals surface area contributed by atoms with Crippen LogP contribution in [0.2, 0.25) is 5.02 Å². The number of rotatable bonds is 5. The van der Waals surface area contributed by atoms with Gasteiger partial charge in [0.25, 0.3) is 15.9 Å². The fourth-order valence-electron chi connectivity index (χ4n) is 2.70. The van der Waals surface area contributed by atoms with E-state index in [1.807, 2.05) is 0 Å². The summed E-state index contributed by atoms with van der Waals surface area (Å²) >= 11 is 6.06. The van der Waals surface area contributed by atoms with E-state index in [2.05, 4.69) is 16.0 Å². The van der Waals surface area contributed by atoms with Crippen molar-refractivity contribution in [1.29, 1.82) is 0 Å². The molecule has 164 valence electrons. The average molecular weight is 479 g/mol. The van der Waals surface area contributed by atoms with Crippen molar-refractivity contribution in [3.05, 3.63) is 88.4 Å². The van der Waals surface area contributed by atoms with Crippen molar-refractivity contribution in [2.75, 3.05) is 10.0 Å². The van der Waals surface area contributed by atoms with Crippen LogP contribution in [-0.4, -0.2) is 14.3 Å². The topological polar surface area (TPSA) is 75.3 Å². The summed E-state index contributed by atoms with van der Waals surface area (Å²) in [6.45, 7) is 0. The third-order valence-corrected chi connectivity index (χ3v) is 5.93. The smallest absolute Gasteiger partial charge is 0.322 e. The molecule has 1 amide bonds. The summed E-state index contributed by atoms with van der Waals surface area (Å²) in [5, 5.41) is 2.55. The summed E-state index contributed by atoms with van der Waals surface area (Å²) in [6, 6.07) is 13.5. The van der Waals surface area contributed by atoms with E-state index in [1.54, 1.807) is 24.3 Å². The van der Waals surface area contributed by atoms with Gasteiger partial charge in [0.05, 0.1) is 21.0 Å². The lowest BCUT2D eigenvalue weighted by Gasteiger charge is -2.13. The van der Waals surface area contributed by atoms with Gasteiger partial charge < -0.3 is 5.32 Å². The minimum atomic E-state index is -4.64. The molecule has 0 aliphatic rings. The van der Waals surface area contributed by atoms with E-state index in [0.29, 0.717) is 17.3 Å². The van der Waals surface area contributed by atoms with Gasteiger partial charge in [-0.05, 0) is 54.6 Å². The summed E-state index contributed by atoms with van der Waals surface area (Å²) in [6.07, 6.45) is 0.694. The first kappa shape index (κ1) is 23.2. The van der Waals surface area contributed by atoms with Crippen LogP contribution in [-0.2, 0) is 16.2 Å². The number of hydrogen-bond donors (Lipinski definition) is 2. The number of hydrogen-bond acceptors (Lipinski definition) is 3. The van der Waals surface area contributed by atoms with Crippen LogP contribution < -0.4 is 10.0 Å². The second kappa shape index (κ2) is 8.94. The van der Waals surface area contributed by atoms with Crippen LogP contribution in [0.3, 0.4) is 0 Å². The molecule has 0 bridgehead atoms. The number of nitrogens with one attached hydrogen (secondary N) is 2. The predicted molar refractivity (Wildman–Crippen MR) is 116 cm³/mol. The number of benzene rings is 3. The zero-order valence-electron chi connectivity index (χ0n) is 16.1. The molecule has 0 fully saturated rings. The first-order chi connectivity index (χ1) is 15.0. The Morgan fingerprint density at radius 3 is 2.34 bits per heavy atom. The van der Waals surface area contributed by atoms with E-state index in [0.717, 1.165) is 24.3 Å². The molecule has 0 spiro atoms. The van der Waals surface area contributed by atoms with E-state index in [1.165, 1.54) is 12.1 Å². The van der Waals surface area contributed by atoms with Crippen molar-refractivity contribution in [3.63, 3.8) is 0 Å². The number of anilines is 2. The van der Waals surface area contributed by atoms with Crippen LogP contribution in [0.1, 0.15) is 21.5 Å². The van der Waals surface area contributed by atoms with Gasteiger partial charge in [-0.1, -0.05) is 29.7 Å². The SMILES string of the molecule is C#Cc1cccc(NC(=O)c2cc(S(=O)(=O)Nc3cccc(C(F)(F)F)c3)ccc2Cl)c1. The molecule has 0 radical (unpaired) electrons. The highest BCUT2D eigenvalue weighted by molar-refractivity contribution is 7.92. The van der Waals surface area contributed by atoms with Gasteiger partial charge in [0.1, 0.15) is 0 Å². The standard InChI is InChI=1S/C22H14ClF3N2O3S/c1-2-14-5-3-7-16(11-14)27-21(29)19-13-18(9-10-20(19)23)32(30,31)28-17-8-4-6-15(12-17)22(24,25)26/h1,3-13,28H,(H,27,29). The molecule has 0 heterocycles. The molecule has 10 heteroatoms. The maximum absolute atomic E-state index is 12.9. The van der Waals surface area contributed by atoms with E-state index >= 15 is 0 Å². The summed E-state index contributed by atoms with van der Waals surface area (Å²) in [5.74, 6) is 1.73. The van der Waals surface area contributed by atoms with Gasteiger partial charge >= 0.3 is 6.18 Å². The van der Waals surface area contributed by atoms with Crippen LogP contribution >= 0.6 is 11.6 Å². The second-order valence-corrected chi connectivity index (χ2v) is 8.59. The summed E-state index contributed by atoms with van der Waals surface area (Å²) < 4.78 is 66.1. The molecule has 3 aromatic carbocycles. The van der Waals surface area contributed by atoms with Gasteiger partial charge in [0.15, 0.2) is 0 Å². The zero-order valence-corrected chi connectivity index (χ0v) is 17.6. The first-order valence-corrected chi connectivity index (χ1v) is 10.7. The number of carbonyl (C=O) groups is 1. The van der Waals surface area contributed by atoms with Crippen LogP contribution in [0.5, 0.6) is 0 Å². The molecule has 3 aromatic rings. The number of halogens is 4. The van der Waals surface area contributed by atoms with Gasteiger partial charge in [-0.25, -0.2) is 8.42 Å². The van der Waals surface area contributed by atoms with Crippen LogP contribution in [0, 0.1) is 12.3 Å². The average Bonchev–Trinajstić information content (AvgIpc) is 2.73. The summed E-state index contributed by atoms with van der Waals surface area (Å²) in [4.78, 5) is 12.3. The van der Waals surface area contributed by atoms with E-state index < -0.39 is 27.7 Å². The molecular formula is C22H14ClF3N2O3S. The van der Waals surface area contributed by atoms with Crippen LogP contribution in [0.4, 0.5) is 24.5 Å². The Morgan fingerprint density at radius 1 is 0.969 bits per heavy atom. The Labute approximate surface area is 187 Å². The normalized spacial score (nSPS) is 11.5. The van der Waals surface area contributed by atoms with Crippen molar-refractivity contribution >= 4 is 38.9 Å². The Hall–Kier alpha value is -3.48. The molecule has 0 aromatic heterocycles. The van der Waals surface area contributed by atoms with Crippen molar-refractivity contribution in [1.82, 2.24) is 0 Å². The molecule has 0 atom stereocenters.